The van der Waals surface area contributed by atoms with E-state index >= 15 is 0 Å². The Hall–Kier alpha value is -3.80. The molecule has 9 nitrogen and oxygen atoms in total. The van der Waals surface area contributed by atoms with Crippen LogP contribution in [0.5, 0.6) is 0 Å². The summed E-state index contributed by atoms with van der Waals surface area (Å²) in [6.07, 6.45) is 6.15. The topological polar surface area (TPSA) is 116 Å². The molecule has 0 fully saturated rings. The molecule has 0 saturated heterocycles. The number of aryl methyl sites for hydroxylation is 1. The molecule has 1 aromatic carbocycles. The number of nitrogens with zero attached hydrogens (tertiary/aromatic N) is 6. The molecule has 176 valence electrons. The van der Waals surface area contributed by atoms with Gasteiger partial charge in [0, 0.05) is 36.3 Å². The molecule has 2 unspecified atom stereocenters. The molecule has 0 spiro atoms. The summed E-state index contributed by atoms with van der Waals surface area (Å²) < 4.78 is 59.3. The smallest absolute Gasteiger partial charge is 0.243 e. The van der Waals surface area contributed by atoms with E-state index in [0.29, 0.717) is 11.4 Å². The first-order valence-electron chi connectivity index (χ1n) is 10.3. The molecule has 0 aliphatic carbocycles. The van der Waals surface area contributed by atoms with Crippen molar-refractivity contribution in [1.29, 1.82) is 0 Å². The van der Waals surface area contributed by atoms with Gasteiger partial charge in [0.05, 0.1) is 5.25 Å². The third-order valence-electron chi connectivity index (χ3n) is 5.38. The van der Waals surface area contributed by atoms with E-state index in [2.05, 4.69) is 29.9 Å². The molecule has 12 heteroatoms. The van der Waals surface area contributed by atoms with E-state index in [0.717, 1.165) is 22.3 Å². The highest BCUT2D eigenvalue weighted by Gasteiger charge is 2.32. The van der Waals surface area contributed by atoms with Crippen LogP contribution in [0.1, 0.15) is 31.2 Å². The Bertz CT molecular complexity index is 1390. The van der Waals surface area contributed by atoms with Crippen LogP contribution in [0.2, 0.25) is 0 Å². The van der Waals surface area contributed by atoms with Crippen molar-refractivity contribution in [1.82, 2.24) is 29.7 Å². The largest absolute Gasteiger partial charge is 0.264 e. The molecular weight excluding hydrogens is 464 g/mol. The van der Waals surface area contributed by atoms with Gasteiger partial charge in [-0.2, -0.15) is 0 Å². The van der Waals surface area contributed by atoms with Gasteiger partial charge in [-0.3, -0.25) is 14.3 Å². The zero-order valence-corrected chi connectivity index (χ0v) is 19.3. The van der Waals surface area contributed by atoms with Crippen molar-refractivity contribution in [3.63, 3.8) is 0 Å². The van der Waals surface area contributed by atoms with Crippen molar-refractivity contribution in [2.75, 3.05) is 4.72 Å². The summed E-state index contributed by atoms with van der Waals surface area (Å²) in [5, 5.41) is 6.88. The fraction of sp³-hybridized carbons (Fsp3) is 0.227. The molecule has 0 radical (unpaired) electrons. The van der Waals surface area contributed by atoms with Crippen molar-refractivity contribution >= 4 is 16.0 Å². The molecule has 0 aliphatic heterocycles. The summed E-state index contributed by atoms with van der Waals surface area (Å²) in [7, 11) is -4.11. The molecule has 0 bridgehead atoms. The number of pyridine rings is 1. The van der Waals surface area contributed by atoms with E-state index < -0.39 is 38.5 Å². The van der Waals surface area contributed by atoms with E-state index in [4.69, 9.17) is 0 Å². The van der Waals surface area contributed by atoms with Gasteiger partial charge in [0.2, 0.25) is 16.0 Å². The van der Waals surface area contributed by atoms with Crippen LogP contribution in [0, 0.1) is 18.6 Å². The maximum Gasteiger partial charge on any atom is 0.243 e. The molecule has 3 heterocycles. The molecule has 0 aliphatic rings. The molecule has 1 N–H and O–H groups in total. The summed E-state index contributed by atoms with van der Waals surface area (Å²) in [6, 6.07) is 6.55. The lowest BCUT2D eigenvalue weighted by molar-refractivity contribution is 0.564. The Kier molecular flexibility index (Phi) is 6.33. The van der Waals surface area contributed by atoms with Gasteiger partial charge in [-0.1, -0.05) is 13.0 Å². The summed E-state index contributed by atoms with van der Waals surface area (Å²) in [4.78, 5) is 12.4. The van der Waals surface area contributed by atoms with Gasteiger partial charge in [0.25, 0.3) is 0 Å². The van der Waals surface area contributed by atoms with Crippen LogP contribution in [0.15, 0.2) is 55.1 Å². The van der Waals surface area contributed by atoms with Gasteiger partial charge < -0.3 is 0 Å². The highest BCUT2D eigenvalue weighted by Crippen LogP contribution is 2.30. The zero-order chi connectivity index (χ0) is 24.5. The Balaban J connectivity index is 1.77. The fourth-order valence-corrected chi connectivity index (χ4v) is 4.52. The van der Waals surface area contributed by atoms with Crippen molar-refractivity contribution in [2.24, 2.45) is 0 Å². The predicted molar refractivity (Wildman–Crippen MR) is 122 cm³/mol. The maximum absolute atomic E-state index is 14.7. The van der Waals surface area contributed by atoms with Crippen LogP contribution in [0.4, 0.5) is 14.7 Å². The van der Waals surface area contributed by atoms with E-state index in [1.165, 1.54) is 25.4 Å². The van der Waals surface area contributed by atoms with Gasteiger partial charge in [-0.05, 0) is 43.7 Å². The van der Waals surface area contributed by atoms with Crippen LogP contribution in [-0.4, -0.2) is 43.4 Å². The minimum Gasteiger partial charge on any atom is -0.264 e. The molecule has 3 aromatic heterocycles. The Morgan fingerprint density at radius 2 is 1.65 bits per heavy atom. The van der Waals surface area contributed by atoms with E-state index in [1.54, 1.807) is 31.5 Å². The molecule has 0 saturated carbocycles. The Morgan fingerprint density at radius 3 is 2.26 bits per heavy atom. The zero-order valence-electron chi connectivity index (χ0n) is 18.5. The van der Waals surface area contributed by atoms with Crippen molar-refractivity contribution in [2.45, 2.75) is 31.9 Å². The first kappa shape index (κ1) is 23.4. The van der Waals surface area contributed by atoms with Crippen molar-refractivity contribution in [3.8, 4) is 17.1 Å². The number of hydrogen-bond acceptors (Lipinski definition) is 7. The quantitative estimate of drug-likeness (QED) is 0.425. The number of halogens is 2. The summed E-state index contributed by atoms with van der Waals surface area (Å²) in [6.45, 7) is 4.99. The number of benzene rings is 1. The Labute approximate surface area is 195 Å². The van der Waals surface area contributed by atoms with Crippen LogP contribution in [0.25, 0.3) is 17.1 Å². The number of anilines is 1. The summed E-state index contributed by atoms with van der Waals surface area (Å²) in [5.41, 5.74) is 0.705. The standard InChI is InChI=1S/C22H21F2N7O2S/c1-13-10-26-20(27-11-13)14(2)15(3)34(32,33)30-22-29-28-21(16-6-5-9-25-12-16)31(22)19-17(23)7-4-8-18(19)24/h4-12,14-15H,1-3H3,(H,29,30). The number of rotatable bonds is 7. The summed E-state index contributed by atoms with van der Waals surface area (Å²) in [5.74, 6) is -2.43. The minimum absolute atomic E-state index is 0.0115. The molecule has 4 aromatic rings. The number of nitrogens with one attached hydrogen (secondary N) is 1. The second-order valence-electron chi connectivity index (χ2n) is 7.75. The van der Waals surface area contributed by atoms with Gasteiger partial charge in [-0.25, -0.2) is 27.2 Å². The van der Waals surface area contributed by atoms with E-state index in [-0.39, 0.29) is 11.8 Å². The van der Waals surface area contributed by atoms with Crippen LogP contribution in [0.3, 0.4) is 0 Å². The number of sulfonamides is 1. The van der Waals surface area contributed by atoms with Gasteiger partial charge in [0.1, 0.15) is 23.1 Å². The van der Waals surface area contributed by atoms with Crippen molar-refractivity contribution < 1.29 is 17.2 Å². The monoisotopic (exact) mass is 485 g/mol. The number of para-hydroxylation sites is 1. The highest BCUT2D eigenvalue weighted by molar-refractivity contribution is 7.93. The van der Waals surface area contributed by atoms with Gasteiger partial charge in [-0.15, -0.1) is 10.2 Å². The lowest BCUT2D eigenvalue weighted by Gasteiger charge is -2.20. The van der Waals surface area contributed by atoms with Gasteiger partial charge >= 0.3 is 0 Å². The second kappa shape index (κ2) is 9.21. The molecule has 0 amide bonds. The van der Waals surface area contributed by atoms with Crippen LogP contribution < -0.4 is 4.72 Å². The summed E-state index contributed by atoms with van der Waals surface area (Å²) >= 11 is 0. The normalized spacial score (nSPS) is 13.4. The molecule has 4 rings (SSSR count). The number of aromatic nitrogens is 6. The number of hydrogen-bond donors (Lipinski definition) is 1. The third kappa shape index (κ3) is 4.49. The van der Waals surface area contributed by atoms with Crippen LogP contribution >= 0.6 is 0 Å². The van der Waals surface area contributed by atoms with Crippen LogP contribution in [-0.2, 0) is 10.0 Å². The first-order chi connectivity index (χ1) is 16.2. The maximum atomic E-state index is 14.7. The second-order valence-corrected chi connectivity index (χ2v) is 9.79. The lowest BCUT2D eigenvalue weighted by atomic mass is 10.1. The Morgan fingerprint density at radius 1 is 0.971 bits per heavy atom. The first-order valence-corrected chi connectivity index (χ1v) is 11.8. The van der Waals surface area contributed by atoms with E-state index in [1.807, 2.05) is 6.92 Å². The molecular formula is C22H21F2N7O2S. The lowest BCUT2D eigenvalue weighted by Crippen LogP contribution is -2.31. The fourth-order valence-electron chi connectivity index (χ4n) is 3.28. The van der Waals surface area contributed by atoms with E-state index in [9.17, 15) is 17.2 Å². The van der Waals surface area contributed by atoms with Crippen molar-refractivity contribution in [3.05, 3.63) is 78.1 Å². The highest BCUT2D eigenvalue weighted by atomic mass is 32.2. The third-order valence-corrected chi connectivity index (χ3v) is 7.23. The minimum atomic E-state index is -4.11. The average molecular weight is 486 g/mol. The van der Waals surface area contributed by atoms with Gasteiger partial charge in [0.15, 0.2) is 5.82 Å². The average Bonchev–Trinajstić information content (AvgIpc) is 3.21. The predicted octanol–water partition coefficient (Wildman–Crippen LogP) is 3.64. The SMILES string of the molecule is Cc1cnc(C(C)C(C)S(=O)(=O)Nc2nnc(-c3cccnc3)n2-c2c(F)cccc2F)nc1. The molecule has 2 atom stereocenters. The molecule has 34 heavy (non-hydrogen) atoms.